The van der Waals surface area contributed by atoms with Crippen molar-refractivity contribution in [3.63, 3.8) is 0 Å². The minimum atomic E-state index is -1.16. The molecule has 3 aromatic carbocycles. The molecule has 0 heterocycles. The molecule has 0 aliphatic carbocycles. The van der Waals surface area contributed by atoms with Crippen LogP contribution in [-0.2, 0) is 4.79 Å². The summed E-state index contributed by atoms with van der Waals surface area (Å²) < 4.78 is 0. The van der Waals surface area contributed by atoms with E-state index in [1.54, 1.807) is 0 Å². The van der Waals surface area contributed by atoms with Crippen LogP contribution < -0.4 is 32.9 Å². The van der Waals surface area contributed by atoms with Gasteiger partial charge in [-0.15, -0.1) is 0 Å². The second-order valence-electron chi connectivity index (χ2n) is 6.03. The van der Waals surface area contributed by atoms with Gasteiger partial charge in [-0.05, 0) is 48.4 Å². The lowest BCUT2D eigenvalue weighted by Crippen LogP contribution is -3.00. The van der Waals surface area contributed by atoms with E-state index in [2.05, 4.69) is 60.7 Å². The van der Waals surface area contributed by atoms with Crippen LogP contribution in [0.5, 0.6) is 0 Å². The average Bonchev–Trinajstić information content (AvgIpc) is 2.64. The summed E-state index contributed by atoms with van der Waals surface area (Å²) in [7, 11) is -1.16. The summed E-state index contributed by atoms with van der Waals surface area (Å²) in [5.74, 6) is -1.21. The highest BCUT2D eigenvalue weighted by molar-refractivity contribution is 7.79. The van der Waals surface area contributed by atoms with Gasteiger partial charge in [0.05, 0.1) is 13.8 Å². The van der Waals surface area contributed by atoms with E-state index < -0.39 is 19.8 Å². The Morgan fingerprint density at radius 2 is 1.35 bits per heavy atom. The summed E-state index contributed by atoms with van der Waals surface area (Å²) >= 11 is 0. The maximum absolute atomic E-state index is 11.6. The van der Waals surface area contributed by atoms with Gasteiger partial charge in [0, 0.05) is 0 Å². The molecule has 0 saturated heterocycles. The molecular formula is C22H22BrO2P. The molecule has 3 rings (SSSR count). The standard InChI is InChI=1S/C22H21O2P.BrH/c1-2-21(22(23)24)17-10-9-15-20(16-17)25(18-11-5-3-6-12-18)19-13-7-4-8-14-19;/h3-16,21H,2H2,1H3,(H,23,24);1H. The van der Waals surface area contributed by atoms with Crippen LogP contribution in [0.2, 0.25) is 0 Å². The minimum absolute atomic E-state index is 0. The Bertz CT molecular complexity index is 798. The van der Waals surface area contributed by atoms with Gasteiger partial charge in [-0.1, -0.05) is 55.5 Å². The maximum Gasteiger partial charge on any atom is 0.310 e. The average molecular weight is 429 g/mol. The number of benzene rings is 3. The first-order valence-corrected chi connectivity index (χ1v) is 10.0. The summed E-state index contributed by atoms with van der Waals surface area (Å²) in [4.78, 5) is 11.6. The lowest BCUT2D eigenvalue weighted by Gasteiger charge is -2.14. The zero-order chi connectivity index (χ0) is 17.6. The number of carboxylic acids is 1. The van der Waals surface area contributed by atoms with Crippen molar-refractivity contribution in [2.75, 3.05) is 0 Å². The third-order valence-corrected chi connectivity index (χ3v) is 7.12. The van der Waals surface area contributed by atoms with Crippen molar-refractivity contribution >= 4 is 29.8 Å². The number of carbonyl (C=O) groups is 1. The lowest BCUT2D eigenvalue weighted by molar-refractivity contribution is -0.138. The zero-order valence-corrected chi connectivity index (χ0v) is 17.2. The molecule has 0 radical (unpaired) electrons. The molecule has 1 unspecified atom stereocenters. The van der Waals surface area contributed by atoms with E-state index in [-0.39, 0.29) is 17.0 Å². The van der Waals surface area contributed by atoms with Gasteiger partial charge < -0.3 is 22.1 Å². The number of halogens is 1. The quantitative estimate of drug-likeness (QED) is 0.588. The van der Waals surface area contributed by atoms with E-state index in [0.29, 0.717) is 6.42 Å². The number of aliphatic carboxylic acids is 1. The van der Waals surface area contributed by atoms with Crippen LogP contribution in [0.3, 0.4) is 0 Å². The highest BCUT2D eigenvalue weighted by Crippen LogP contribution is 2.33. The summed E-state index contributed by atoms with van der Waals surface area (Å²) in [6, 6.07) is 29.2. The molecule has 3 aromatic rings. The minimum Gasteiger partial charge on any atom is -1.00 e. The van der Waals surface area contributed by atoms with Crippen LogP contribution in [0.1, 0.15) is 24.8 Å². The first-order chi connectivity index (χ1) is 12.2. The van der Waals surface area contributed by atoms with Crippen molar-refractivity contribution in [2.24, 2.45) is 0 Å². The van der Waals surface area contributed by atoms with E-state index in [4.69, 9.17) is 0 Å². The van der Waals surface area contributed by atoms with E-state index >= 15 is 0 Å². The van der Waals surface area contributed by atoms with E-state index in [0.717, 1.165) is 5.56 Å². The fraction of sp³-hybridized carbons (Fsp3) is 0.136. The molecule has 0 aliphatic heterocycles. The molecule has 4 heteroatoms. The normalized spacial score (nSPS) is 11.6. The lowest BCUT2D eigenvalue weighted by atomic mass is 9.97. The summed E-state index contributed by atoms with van der Waals surface area (Å²) in [6.45, 7) is 1.92. The molecule has 1 atom stereocenters. The molecule has 0 fully saturated rings. The first kappa shape index (κ1) is 20.4. The van der Waals surface area contributed by atoms with Gasteiger partial charge in [0.1, 0.15) is 15.9 Å². The van der Waals surface area contributed by atoms with Gasteiger partial charge in [-0.3, -0.25) is 4.79 Å². The largest absolute Gasteiger partial charge is 1.00 e. The van der Waals surface area contributed by atoms with E-state index in [1.165, 1.54) is 15.9 Å². The smallest absolute Gasteiger partial charge is 0.310 e. The van der Waals surface area contributed by atoms with Crippen LogP contribution >= 0.6 is 7.92 Å². The molecule has 134 valence electrons. The van der Waals surface area contributed by atoms with Crippen molar-refractivity contribution in [1.29, 1.82) is 0 Å². The molecule has 26 heavy (non-hydrogen) atoms. The molecule has 0 amide bonds. The zero-order valence-electron chi connectivity index (χ0n) is 14.6. The van der Waals surface area contributed by atoms with Crippen molar-refractivity contribution in [1.82, 2.24) is 0 Å². The first-order valence-electron chi connectivity index (χ1n) is 8.51. The number of hydrogen-bond acceptors (Lipinski definition) is 1. The summed E-state index contributed by atoms with van der Waals surface area (Å²) in [5.41, 5.74) is 0.891. The van der Waals surface area contributed by atoms with Gasteiger partial charge >= 0.3 is 5.97 Å². The molecule has 0 bridgehead atoms. The van der Waals surface area contributed by atoms with Gasteiger partial charge in [0.25, 0.3) is 0 Å². The molecule has 1 N–H and O–H groups in total. The van der Waals surface area contributed by atoms with Crippen LogP contribution in [0.15, 0.2) is 84.9 Å². The van der Waals surface area contributed by atoms with E-state index in [9.17, 15) is 9.90 Å². The molecule has 2 nitrogen and oxygen atoms in total. The molecule has 0 spiro atoms. The number of rotatable bonds is 6. The summed E-state index contributed by atoms with van der Waals surface area (Å²) in [5, 5.41) is 13.3. The second-order valence-corrected chi connectivity index (χ2v) is 8.51. The molecule has 0 saturated carbocycles. The highest BCUT2D eigenvalue weighted by Gasteiger charge is 2.27. The van der Waals surface area contributed by atoms with Gasteiger partial charge in [0.2, 0.25) is 0 Å². The predicted molar refractivity (Wildman–Crippen MR) is 107 cm³/mol. The van der Waals surface area contributed by atoms with Crippen molar-refractivity contribution in [3.8, 4) is 0 Å². The number of carboxylic acid groups (broad SMARTS) is 1. The predicted octanol–water partition coefficient (Wildman–Crippen LogP) is 0.759. The Kier molecular flexibility index (Phi) is 7.56. The fourth-order valence-electron chi connectivity index (χ4n) is 3.17. The Morgan fingerprint density at radius 3 is 1.81 bits per heavy atom. The Morgan fingerprint density at radius 1 is 0.846 bits per heavy atom. The third kappa shape index (κ3) is 4.60. The van der Waals surface area contributed by atoms with Crippen molar-refractivity contribution in [3.05, 3.63) is 90.5 Å². The second kappa shape index (κ2) is 9.66. The van der Waals surface area contributed by atoms with Crippen LogP contribution in [0, 0.1) is 0 Å². The van der Waals surface area contributed by atoms with E-state index in [1.807, 2.05) is 31.2 Å². The Hall–Kier alpha value is -1.96. The van der Waals surface area contributed by atoms with Crippen molar-refractivity contribution < 1.29 is 26.9 Å². The topological polar surface area (TPSA) is 37.3 Å². The maximum atomic E-state index is 11.6. The Balaban J connectivity index is 0.00000243. The number of hydrogen-bond donors (Lipinski definition) is 1. The molecular weight excluding hydrogens is 407 g/mol. The third-order valence-electron chi connectivity index (χ3n) is 4.41. The SMILES string of the molecule is CCC(C(=O)O)c1cccc([PH+](c2ccccc2)c2ccccc2)c1.[Br-]. The van der Waals surface area contributed by atoms with Gasteiger partial charge in [-0.25, -0.2) is 0 Å². The highest BCUT2D eigenvalue weighted by atomic mass is 79.9. The van der Waals surface area contributed by atoms with Gasteiger partial charge in [0.15, 0.2) is 0 Å². The van der Waals surface area contributed by atoms with Gasteiger partial charge in [-0.2, -0.15) is 0 Å². The molecule has 0 aliphatic rings. The van der Waals surface area contributed by atoms with Crippen molar-refractivity contribution in [2.45, 2.75) is 19.3 Å². The fourth-order valence-corrected chi connectivity index (χ4v) is 5.80. The molecule has 0 aromatic heterocycles. The van der Waals surface area contributed by atoms with Crippen LogP contribution in [-0.4, -0.2) is 11.1 Å². The monoisotopic (exact) mass is 428 g/mol. The van der Waals surface area contributed by atoms with Crippen LogP contribution in [0.25, 0.3) is 0 Å². The Labute approximate surface area is 166 Å². The summed E-state index contributed by atoms with van der Waals surface area (Å²) in [6.07, 6.45) is 0.595. The van der Waals surface area contributed by atoms with Crippen LogP contribution in [0.4, 0.5) is 0 Å².